The Morgan fingerprint density at radius 3 is 2.35 bits per heavy atom. The lowest BCUT2D eigenvalue weighted by Gasteiger charge is -2.38. The molecule has 1 N–H and O–H groups in total. The molecular weight excluding hydrogens is 216 g/mol. The third kappa shape index (κ3) is 2.80. The lowest BCUT2D eigenvalue weighted by Crippen LogP contribution is -2.53. The van der Waals surface area contributed by atoms with E-state index in [1.807, 2.05) is 4.90 Å². The molecule has 2 fully saturated rings. The van der Waals surface area contributed by atoms with E-state index < -0.39 is 0 Å². The second kappa shape index (κ2) is 5.36. The molecule has 0 bridgehead atoms. The Balaban J connectivity index is 1.79. The maximum absolute atomic E-state index is 12.0. The molecule has 1 saturated carbocycles. The van der Waals surface area contributed by atoms with Gasteiger partial charge in [-0.15, -0.1) is 0 Å². The molecule has 1 amide bonds. The zero-order chi connectivity index (χ0) is 12.4. The molecule has 0 aromatic carbocycles. The van der Waals surface area contributed by atoms with Gasteiger partial charge in [0.05, 0.1) is 6.61 Å². The normalized spacial score (nSPS) is 31.4. The van der Waals surface area contributed by atoms with Gasteiger partial charge < -0.3 is 10.0 Å². The monoisotopic (exact) mass is 240 g/mol. The summed E-state index contributed by atoms with van der Waals surface area (Å²) in [5.74, 6) is 1.26. The number of nitrogens with zero attached hydrogens (tertiary/aromatic N) is 2. The Kier molecular flexibility index (Phi) is 4.05. The predicted octanol–water partition coefficient (Wildman–Crippen LogP) is 0.557. The van der Waals surface area contributed by atoms with Gasteiger partial charge in [-0.2, -0.15) is 0 Å². The highest BCUT2D eigenvalue weighted by molar-refractivity contribution is 5.81. The smallest absolute Gasteiger partial charge is 0.226 e. The van der Waals surface area contributed by atoms with Crippen LogP contribution in [-0.2, 0) is 4.79 Å². The first-order valence-corrected chi connectivity index (χ1v) is 6.81. The summed E-state index contributed by atoms with van der Waals surface area (Å²) < 4.78 is 0. The third-order valence-corrected chi connectivity index (χ3v) is 4.25. The highest BCUT2D eigenvalue weighted by atomic mass is 16.3. The first kappa shape index (κ1) is 12.8. The fourth-order valence-electron chi connectivity index (χ4n) is 2.71. The van der Waals surface area contributed by atoms with E-state index in [1.165, 1.54) is 0 Å². The van der Waals surface area contributed by atoms with Crippen molar-refractivity contribution in [3.8, 4) is 0 Å². The summed E-state index contributed by atoms with van der Waals surface area (Å²) in [6.07, 6.45) is 2.05. The number of aliphatic hydroxyl groups excluding tert-OH is 1. The third-order valence-electron chi connectivity index (χ3n) is 4.25. The van der Waals surface area contributed by atoms with Gasteiger partial charge in [0, 0.05) is 38.1 Å². The molecule has 4 nitrogen and oxygen atoms in total. The summed E-state index contributed by atoms with van der Waals surface area (Å²) in [6.45, 7) is 7.96. The molecule has 3 atom stereocenters. The quantitative estimate of drug-likeness (QED) is 0.781. The molecule has 2 rings (SSSR count). The number of piperazine rings is 1. The van der Waals surface area contributed by atoms with Crippen LogP contribution in [0.2, 0.25) is 0 Å². The Labute approximate surface area is 104 Å². The Bertz CT molecular complexity index is 271. The van der Waals surface area contributed by atoms with Crippen molar-refractivity contribution in [2.45, 2.75) is 32.7 Å². The van der Waals surface area contributed by atoms with Gasteiger partial charge in [0.2, 0.25) is 5.91 Å². The molecule has 0 aromatic rings. The van der Waals surface area contributed by atoms with Gasteiger partial charge in [-0.25, -0.2) is 0 Å². The van der Waals surface area contributed by atoms with Gasteiger partial charge >= 0.3 is 0 Å². The molecular formula is C13H24N2O2. The van der Waals surface area contributed by atoms with Crippen molar-refractivity contribution < 1.29 is 9.90 Å². The average Bonchev–Trinajstić information content (AvgIpc) is 3.08. The molecule has 1 aliphatic heterocycles. The van der Waals surface area contributed by atoms with Gasteiger partial charge in [0.15, 0.2) is 0 Å². The van der Waals surface area contributed by atoms with Crippen molar-refractivity contribution in [3.05, 3.63) is 0 Å². The van der Waals surface area contributed by atoms with E-state index in [0.29, 0.717) is 17.7 Å². The summed E-state index contributed by atoms with van der Waals surface area (Å²) in [6, 6.07) is 0.270. The summed E-state index contributed by atoms with van der Waals surface area (Å²) >= 11 is 0. The van der Waals surface area contributed by atoms with E-state index in [4.69, 9.17) is 0 Å². The maximum Gasteiger partial charge on any atom is 0.226 e. The van der Waals surface area contributed by atoms with Crippen LogP contribution in [-0.4, -0.2) is 59.6 Å². The average molecular weight is 240 g/mol. The topological polar surface area (TPSA) is 43.8 Å². The molecule has 1 aliphatic carbocycles. The zero-order valence-corrected chi connectivity index (χ0v) is 10.9. The van der Waals surface area contributed by atoms with Crippen molar-refractivity contribution in [1.29, 1.82) is 0 Å². The second-order valence-corrected chi connectivity index (χ2v) is 5.43. The van der Waals surface area contributed by atoms with Gasteiger partial charge in [-0.3, -0.25) is 9.69 Å². The molecule has 0 spiro atoms. The van der Waals surface area contributed by atoms with E-state index in [2.05, 4.69) is 18.7 Å². The Hall–Kier alpha value is -0.610. The van der Waals surface area contributed by atoms with Crippen LogP contribution in [0.25, 0.3) is 0 Å². The Morgan fingerprint density at radius 2 is 1.94 bits per heavy atom. The van der Waals surface area contributed by atoms with Crippen LogP contribution in [0.3, 0.4) is 0 Å². The SMILES string of the molecule is CCC(CO)N1CCN(C(=O)C2CC2C)CC1. The van der Waals surface area contributed by atoms with Crippen molar-refractivity contribution in [3.63, 3.8) is 0 Å². The highest BCUT2D eigenvalue weighted by Crippen LogP contribution is 2.39. The van der Waals surface area contributed by atoms with Gasteiger partial charge in [-0.05, 0) is 18.8 Å². The van der Waals surface area contributed by atoms with E-state index in [0.717, 1.165) is 39.0 Å². The molecule has 0 aromatic heterocycles. The van der Waals surface area contributed by atoms with Crippen LogP contribution in [0.1, 0.15) is 26.7 Å². The first-order chi connectivity index (χ1) is 8.17. The number of hydrogen-bond donors (Lipinski definition) is 1. The lowest BCUT2D eigenvalue weighted by molar-refractivity contribution is -0.135. The van der Waals surface area contributed by atoms with Crippen LogP contribution < -0.4 is 0 Å². The number of amides is 1. The van der Waals surface area contributed by atoms with Crippen LogP contribution in [0, 0.1) is 11.8 Å². The van der Waals surface area contributed by atoms with Crippen LogP contribution in [0.15, 0.2) is 0 Å². The molecule has 4 heteroatoms. The first-order valence-electron chi connectivity index (χ1n) is 6.81. The molecule has 17 heavy (non-hydrogen) atoms. The Morgan fingerprint density at radius 1 is 1.35 bits per heavy atom. The zero-order valence-electron chi connectivity index (χ0n) is 10.9. The maximum atomic E-state index is 12.0. The summed E-state index contributed by atoms with van der Waals surface area (Å²) in [5, 5.41) is 9.26. The number of carbonyl (C=O) groups is 1. The van der Waals surface area contributed by atoms with E-state index in [-0.39, 0.29) is 12.6 Å². The summed E-state index contributed by atoms with van der Waals surface area (Å²) in [7, 11) is 0. The van der Waals surface area contributed by atoms with Crippen molar-refractivity contribution in [1.82, 2.24) is 9.80 Å². The van der Waals surface area contributed by atoms with E-state index >= 15 is 0 Å². The second-order valence-electron chi connectivity index (χ2n) is 5.43. The fourth-order valence-corrected chi connectivity index (χ4v) is 2.71. The number of aliphatic hydroxyl groups is 1. The summed E-state index contributed by atoms with van der Waals surface area (Å²) in [4.78, 5) is 16.4. The van der Waals surface area contributed by atoms with Gasteiger partial charge in [0.25, 0.3) is 0 Å². The van der Waals surface area contributed by atoms with E-state index in [9.17, 15) is 9.90 Å². The van der Waals surface area contributed by atoms with Crippen molar-refractivity contribution >= 4 is 5.91 Å². The molecule has 1 heterocycles. The predicted molar refractivity (Wildman–Crippen MR) is 66.6 cm³/mol. The highest BCUT2D eigenvalue weighted by Gasteiger charge is 2.42. The van der Waals surface area contributed by atoms with Crippen LogP contribution in [0.4, 0.5) is 0 Å². The largest absolute Gasteiger partial charge is 0.395 e. The number of carbonyl (C=O) groups excluding carboxylic acids is 1. The van der Waals surface area contributed by atoms with E-state index in [1.54, 1.807) is 0 Å². The number of rotatable bonds is 4. The lowest BCUT2D eigenvalue weighted by atomic mass is 10.1. The summed E-state index contributed by atoms with van der Waals surface area (Å²) in [5.41, 5.74) is 0. The molecule has 1 saturated heterocycles. The molecule has 2 aliphatic rings. The standard InChI is InChI=1S/C13H24N2O2/c1-3-11(9-16)14-4-6-15(7-5-14)13(17)12-8-10(12)2/h10-12,16H,3-9H2,1-2H3. The minimum absolute atomic E-state index is 0.226. The van der Waals surface area contributed by atoms with Gasteiger partial charge in [0.1, 0.15) is 0 Å². The fraction of sp³-hybridized carbons (Fsp3) is 0.923. The minimum atomic E-state index is 0.226. The van der Waals surface area contributed by atoms with Crippen LogP contribution in [0.5, 0.6) is 0 Å². The minimum Gasteiger partial charge on any atom is -0.395 e. The van der Waals surface area contributed by atoms with Crippen LogP contribution >= 0.6 is 0 Å². The number of hydrogen-bond acceptors (Lipinski definition) is 3. The molecule has 3 unspecified atom stereocenters. The van der Waals surface area contributed by atoms with Crippen molar-refractivity contribution in [2.75, 3.05) is 32.8 Å². The molecule has 0 radical (unpaired) electrons. The van der Waals surface area contributed by atoms with Gasteiger partial charge in [-0.1, -0.05) is 13.8 Å². The van der Waals surface area contributed by atoms with Crippen molar-refractivity contribution in [2.24, 2.45) is 11.8 Å². The molecule has 98 valence electrons.